The number of nitrogens with one attached hydrogen (secondary N) is 2. The minimum Gasteiger partial charge on any atom is -0.493 e. The van der Waals surface area contributed by atoms with Crippen molar-refractivity contribution in [1.29, 1.82) is 0 Å². The van der Waals surface area contributed by atoms with E-state index in [0.29, 0.717) is 42.4 Å². The van der Waals surface area contributed by atoms with Crippen molar-refractivity contribution >= 4 is 23.8 Å². The number of carbonyl (C=O) groups excluding carboxylic acids is 4. The van der Waals surface area contributed by atoms with E-state index in [9.17, 15) is 19.2 Å². The molecule has 1 aromatic carbocycles. The van der Waals surface area contributed by atoms with Crippen molar-refractivity contribution in [2.24, 2.45) is 5.92 Å². The summed E-state index contributed by atoms with van der Waals surface area (Å²) in [6.45, 7) is 2.08. The second-order valence-electron chi connectivity index (χ2n) is 7.87. The lowest BCUT2D eigenvalue weighted by Gasteiger charge is -2.33. The second kappa shape index (κ2) is 7.38. The maximum atomic E-state index is 12.7. The Bertz CT molecular complexity index is 875. The Labute approximate surface area is 167 Å². The molecular weight excluding hydrogens is 378 g/mol. The number of ether oxygens (including phenoxy) is 2. The van der Waals surface area contributed by atoms with Crippen molar-refractivity contribution in [1.82, 2.24) is 15.8 Å². The molecule has 0 unspecified atom stereocenters. The molecule has 0 aromatic heterocycles. The molecular formula is C20H23N3O6. The fourth-order valence-electron chi connectivity index (χ4n) is 4.00. The van der Waals surface area contributed by atoms with Crippen molar-refractivity contribution in [3.63, 3.8) is 0 Å². The molecule has 0 radical (unpaired) electrons. The van der Waals surface area contributed by atoms with Gasteiger partial charge in [0.25, 0.3) is 11.8 Å². The zero-order valence-corrected chi connectivity index (χ0v) is 16.2. The Kier molecular flexibility index (Phi) is 4.89. The van der Waals surface area contributed by atoms with Crippen LogP contribution in [0.1, 0.15) is 48.5 Å². The number of benzene rings is 1. The van der Waals surface area contributed by atoms with Gasteiger partial charge in [-0.15, -0.1) is 0 Å². The molecule has 4 amide bonds. The zero-order chi connectivity index (χ0) is 20.6. The van der Waals surface area contributed by atoms with Crippen LogP contribution in [0, 0.1) is 5.92 Å². The number of urea groups is 1. The topological polar surface area (TPSA) is 114 Å². The number of imide groups is 1. The quantitative estimate of drug-likeness (QED) is 0.581. The van der Waals surface area contributed by atoms with E-state index in [2.05, 4.69) is 17.7 Å². The lowest BCUT2D eigenvalue weighted by Crippen LogP contribution is -2.52. The van der Waals surface area contributed by atoms with Gasteiger partial charge in [-0.3, -0.25) is 15.0 Å². The Morgan fingerprint density at radius 1 is 1.31 bits per heavy atom. The SMILES string of the molecule is CC1CCC2(CC1)NC(=O)N(NC(=O)COC(=O)c1ccc3c(c1)CCO3)C2=O. The van der Waals surface area contributed by atoms with Gasteiger partial charge in [0.1, 0.15) is 11.3 Å². The molecule has 1 saturated heterocycles. The number of nitrogens with zero attached hydrogens (tertiary/aromatic N) is 1. The van der Waals surface area contributed by atoms with Crippen LogP contribution >= 0.6 is 0 Å². The van der Waals surface area contributed by atoms with Crippen LogP contribution < -0.4 is 15.5 Å². The molecule has 2 heterocycles. The minimum atomic E-state index is -0.944. The van der Waals surface area contributed by atoms with Gasteiger partial charge in [0.05, 0.1) is 12.2 Å². The summed E-state index contributed by atoms with van der Waals surface area (Å²) in [5, 5.41) is 3.41. The predicted molar refractivity (Wildman–Crippen MR) is 99.8 cm³/mol. The predicted octanol–water partition coefficient (Wildman–Crippen LogP) is 1.31. The van der Waals surface area contributed by atoms with Gasteiger partial charge in [0.2, 0.25) is 0 Å². The molecule has 2 N–H and O–H groups in total. The van der Waals surface area contributed by atoms with Crippen LogP contribution in [0.3, 0.4) is 0 Å². The van der Waals surface area contributed by atoms with E-state index in [0.717, 1.165) is 24.2 Å². The fraction of sp³-hybridized carbons (Fsp3) is 0.500. The van der Waals surface area contributed by atoms with Crippen LogP contribution in [0.25, 0.3) is 0 Å². The highest BCUT2D eigenvalue weighted by atomic mass is 16.5. The van der Waals surface area contributed by atoms with Crippen LogP contribution in [-0.4, -0.2) is 47.6 Å². The number of hydrogen-bond acceptors (Lipinski definition) is 6. The molecule has 3 aliphatic rings. The number of esters is 1. The van der Waals surface area contributed by atoms with Crippen LogP contribution in [0.15, 0.2) is 18.2 Å². The van der Waals surface area contributed by atoms with Crippen molar-refractivity contribution in [3.05, 3.63) is 29.3 Å². The van der Waals surface area contributed by atoms with E-state index < -0.39 is 36.0 Å². The summed E-state index contributed by atoms with van der Waals surface area (Å²) in [5.74, 6) is -0.645. The van der Waals surface area contributed by atoms with Gasteiger partial charge in [0.15, 0.2) is 6.61 Å². The van der Waals surface area contributed by atoms with E-state index in [1.165, 1.54) is 0 Å². The Morgan fingerprint density at radius 3 is 2.83 bits per heavy atom. The van der Waals surface area contributed by atoms with E-state index in [1.807, 2.05) is 0 Å². The highest BCUT2D eigenvalue weighted by molar-refractivity contribution is 6.08. The Morgan fingerprint density at radius 2 is 2.07 bits per heavy atom. The molecule has 1 aliphatic carbocycles. The third-order valence-electron chi connectivity index (χ3n) is 5.79. The molecule has 1 spiro atoms. The molecule has 1 saturated carbocycles. The first-order chi connectivity index (χ1) is 13.9. The van der Waals surface area contributed by atoms with Crippen LogP contribution in [0.2, 0.25) is 0 Å². The molecule has 2 aliphatic heterocycles. The Balaban J connectivity index is 1.32. The summed E-state index contributed by atoms with van der Waals surface area (Å²) in [6.07, 6.45) is 3.46. The highest BCUT2D eigenvalue weighted by Crippen LogP contribution is 2.35. The monoisotopic (exact) mass is 401 g/mol. The molecule has 154 valence electrons. The number of hydrazine groups is 1. The van der Waals surface area contributed by atoms with Crippen LogP contribution in [-0.2, 0) is 20.7 Å². The zero-order valence-electron chi connectivity index (χ0n) is 16.2. The minimum absolute atomic E-state index is 0.312. The van der Waals surface area contributed by atoms with Crippen molar-refractivity contribution < 1.29 is 28.7 Å². The van der Waals surface area contributed by atoms with Gasteiger partial charge < -0.3 is 14.8 Å². The van der Waals surface area contributed by atoms with Gasteiger partial charge in [-0.2, -0.15) is 5.01 Å². The fourth-order valence-corrected chi connectivity index (χ4v) is 4.00. The van der Waals surface area contributed by atoms with Crippen LogP contribution in [0.4, 0.5) is 4.79 Å². The number of fused-ring (bicyclic) bond motifs is 1. The molecule has 4 rings (SSSR count). The van der Waals surface area contributed by atoms with Gasteiger partial charge in [0, 0.05) is 6.42 Å². The van der Waals surface area contributed by atoms with Crippen molar-refractivity contribution in [2.75, 3.05) is 13.2 Å². The summed E-state index contributed by atoms with van der Waals surface area (Å²) < 4.78 is 10.4. The summed E-state index contributed by atoms with van der Waals surface area (Å²) in [6, 6.07) is 4.27. The lowest BCUT2D eigenvalue weighted by molar-refractivity contribution is -0.141. The Hall–Kier alpha value is -3.10. The summed E-state index contributed by atoms with van der Waals surface area (Å²) >= 11 is 0. The van der Waals surface area contributed by atoms with Gasteiger partial charge >= 0.3 is 12.0 Å². The average molecular weight is 401 g/mol. The molecule has 0 atom stereocenters. The first-order valence-corrected chi connectivity index (χ1v) is 9.77. The summed E-state index contributed by atoms with van der Waals surface area (Å²) in [5.41, 5.74) is 2.53. The molecule has 2 fully saturated rings. The molecule has 9 heteroatoms. The van der Waals surface area contributed by atoms with E-state index in [4.69, 9.17) is 9.47 Å². The number of carbonyl (C=O) groups is 4. The largest absolute Gasteiger partial charge is 0.493 e. The van der Waals surface area contributed by atoms with Gasteiger partial charge in [-0.05, 0) is 55.4 Å². The third-order valence-corrected chi connectivity index (χ3v) is 5.79. The number of hydrogen-bond donors (Lipinski definition) is 2. The van der Waals surface area contributed by atoms with E-state index in [-0.39, 0.29) is 0 Å². The van der Waals surface area contributed by atoms with E-state index in [1.54, 1.807) is 18.2 Å². The first kappa shape index (κ1) is 19.2. The van der Waals surface area contributed by atoms with E-state index >= 15 is 0 Å². The number of rotatable bonds is 4. The maximum Gasteiger partial charge on any atom is 0.344 e. The molecule has 1 aromatic rings. The second-order valence-corrected chi connectivity index (χ2v) is 7.87. The van der Waals surface area contributed by atoms with Gasteiger partial charge in [-0.25, -0.2) is 9.59 Å². The standard InChI is InChI=1S/C20H23N3O6/c1-12-4-7-20(8-5-12)18(26)23(19(27)21-20)22-16(24)11-29-17(25)14-2-3-15-13(10-14)6-9-28-15/h2-3,10,12H,4-9,11H2,1H3,(H,21,27)(H,22,24). The maximum absolute atomic E-state index is 12.7. The van der Waals surface area contributed by atoms with Gasteiger partial charge in [-0.1, -0.05) is 6.92 Å². The summed E-state index contributed by atoms with van der Waals surface area (Å²) in [4.78, 5) is 49.3. The highest BCUT2D eigenvalue weighted by Gasteiger charge is 2.52. The van der Waals surface area contributed by atoms with Crippen molar-refractivity contribution in [2.45, 2.75) is 44.6 Å². The van der Waals surface area contributed by atoms with Crippen LogP contribution in [0.5, 0.6) is 5.75 Å². The van der Waals surface area contributed by atoms with Crippen molar-refractivity contribution in [3.8, 4) is 5.75 Å². The smallest absolute Gasteiger partial charge is 0.344 e. The number of amides is 4. The molecule has 9 nitrogen and oxygen atoms in total. The summed E-state index contributed by atoms with van der Waals surface area (Å²) in [7, 11) is 0. The average Bonchev–Trinajstić information content (AvgIpc) is 3.26. The normalized spacial score (nSPS) is 25.4. The molecule has 0 bridgehead atoms. The first-order valence-electron chi connectivity index (χ1n) is 9.77. The third kappa shape index (κ3) is 3.64. The lowest BCUT2D eigenvalue weighted by atomic mass is 9.77. The molecule has 29 heavy (non-hydrogen) atoms.